The monoisotopic (exact) mass is 380 g/mol. The number of carboxylic acid groups (broad SMARTS) is 1. The number of ether oxygens (including phenoxy) is 1. The molecule has 3 aromatic rings. The van der Waals surface area contributed by atoms with Gasteiger partial charge in [0.2, 0.25) is 0 Å². The molecule has 0 saturated heterocycles. The largest absolute Gasteiger partial charge is 0.483 e. The highest BCUT2D eigenvalue weighted by molar-refractivity contribution is 5.87. The Kier molecular flexibility index (Phi) is 4.70. The SMILES string of the molecule is CC1(C)C=C(c2ccccc2)c2cc(C#Cc3ccc(C(=O)O)cc3)ccc2O1. The Morgan fingerprint density at radius 1 is 0.897 bits per heavy atom. The number of benzene rings is 3. The number of hydrogen-bond donors (Lipinski definition) is 1. The highest BCUT2D eigenvalue weighted by Gasteiger charge is 2.27. The summed E-state index contributed by atoms with van der Waals surface area (Å²) in [6, 6.07) is 22.8. The van der Waals surface area contributed by atoms with Crippen LogP contribution in [0.4, 0.5) is 0 Å². The normalized spacial score (nSPS) is 13.9. The predicted molar refractivity (Wildman–Crippen MR) is 114 cm³/mol. The van der Waals surface area contributed by atoms with Gasteiger partial charge >= 0.3 is 5.97 Å². The third-order valence-electron chi connectivity index (χ3n) is 4.70. The highest BCUT2D eigenvalue weighted by Crippen LogP contribution is 2.39. The van der Waals surface area contributed by atoms with Gasteiger partial charge in [-0.1, -0.05) is 42.2 Å². The molecule has 0 atom stereocenters. The van der Waals surface area contributed by atoms with Gasteiger partial charge in [-0.2, -0.15) is 0 Å². The van der Waals surface area contributed by atoms with Gasteiger partial charge in [0, 0.05) is 16.7 Å². The fourth-order valence-electron chi connectivity index (χ4n) is 3.34. The Morgan fingerprint density at radius 3 is 2.24 bits per heavy atom. The van der Waals surface area contributed by atoms with Gasteiger partial charge in [0.1, 0.15) is 11.4 Å². The zero-order chi connectivity index (χ0) is 20.4. The molecule has 0 aromatic heterocycles. The van der Waals surface area contributed by atoms with E-state index in [9.17, 15) is 4.79 Å². The Hall–Kier alpha value is -3.77. The van der Waals surface area contributed by atoms with Crippen molar-refractivity contribution in [2.24, 2.45) is 0 Å². The van der Waals surface area contributed by atoms with E-state index in [1.54, 1.807) is 24.3 Å². The quantitative estimate of drug-likeness (QED) is 0.607. The van der Waals surface area contributed by atoms with Gasteiger partial charge < -0.3 is 9.84 Å². The number of rotatable bonds is 2. The topological polar surface area (TPSA) is 46.5 Å². The van der Waals surface area contributed by atoms with E-state index >= 15 is 0 Å². The van der Waals surface area contributed by atoms with Crippen molar-refractivity contribution in [2.45, 2.75) is 19.4 Å². The van der Waals surface area contributed by atoms with E-state index in [1.807, 2.05) is 50.2 Å². The number of carbonyl (C=O) groups is 1. The van der Waals surface area contributed by atoms with Crippen LogP contribution in [0.1, 0.15) is 46.5 Å². The number of fused-ring (bicyclic) bond motifs is 1. The van der Waals surface area contributed by atoms with E-state index in [1.165, 1.54) is 0 Å². The third-order valence-corrected chi connectivity index (χ3v) is 4.70. The summed E-state index contributed by atoms with van der Waals surface area (Å²) in [6.45, 7) is 4.10. The van der Waals surface area contributed by atoms with Gasteiger partial charge in [0.05, 0.1) is 5.56 Å². The number of carboxylic acids is 1. The fourth-order valence-corrected chi connectivity index (χ4v) is 3.34. The van der Waals surface area contributed by atoms with Crippen LogP contribution in [0, 0.1) is 11.8 Å². The second-order valence-corrected chi connectivity index (χ2v) is 7.47. The molecule has 0 bridgehead atoms. The van der Waals surface area contributed by atoms with Crippen molar-refractivity contribution in [2.75, 3.05) is 0 Å². The van der Waals surface area contributed by atoms with Crippen LogP contribution in [0.5, 0.6) is 5.75 Å². The number of aromatic carboxylic acids is 1. The summed E-state index contributed by atoms with van der Waals surface area (Å²) >= 11 is 0. The van der Waals surface area contributed by atoms with Gasteiger partial charge in [-0.25, -0.2) is 4.79 Å². The zero-order valence-corrected chi connectivity index (χ0v) is 16.3. The summed E-state index contributed by atoms with van der Waals surface area (Å²) in [5.41, 5.74) is 4.79. The molecule has 0 spiro atoms. The molecule has 3 aromatic carbocycles. The molecular formula is C26H20O3. The molecule has 0 radical (unpaired) electrons. The van der Waals surface area contributed by atoms with E-state index in [4.69, 9.17) is 9.84 Å². The van der Waals surface area contributed by atoms with Crippen molar-refractivity contribution in [3.05, 3.63) is 107 Å². The Morgan fingerprint density at radius 2 is 1.55 bits per heavy atom. The van der Waals surface area contributed by atoms with Crippen molar-refractivity contribution in [1.82, 2.24) is 0 Å². The summed E-state index contributed by atoms with van der Waals surface area (Å²) in [4.78, 5) is 11.0. The van der Waals surface area contributed by atoms with Crippen LogP contribution in [0.15, 0.2) is 78.9 Å². The standard InChI is InChI=1S/C26H20O3/c1-26(2)17-23(20-6-4-3-5-7-20)22-16-19(12-15-24(22)29-26)9-8-18-10-13-21(14-11-18)25(27)28/h3-7,10-17H,1-2H3,(H,27,28). The second-order valence-electron chi connectivity index (χ2n) is 7.47. The van der Waals surface area contributed by atoms with Crippen molar-refractivity contribution < 1.29 is 14.6 Å². The van der Waals surface area contributed by atoms with Crippen LogP contribution >= 0.6 is 0 Å². The first-order valence-corrected chi connectivity index (χ1v) is 9.38. The van der Waals surface area contributed by atoms with Gasteiger partial charge in [0.15, 0.2) is 0 Å². The fraction of sp³-hybridized carbons (Fsp3) is 0.115. The van der Waals surface area contributed by atoms with Crippen LogP contribution in [-0.4, -0.2) is 16.7 Å². The lowest BCUT2D eigenvalue weighted by Gasteiger charge is -2.31. The van der Waals surface area contributed by atoms with Crippen LogP contribution in [-0.2, 0) is 0 Å². The van der Waals surface area contributed by atoms with E-state index in [2.05, 4.69) is 30.0 Å². The molecule has 0 fully saturated rings. The molecule has 29 heavy (non-hydrogen) atoms. The minimum absolute atomic E-state index is 0.252. The molecule has 0 aliphatic carbocycles. The molecule has 0 unspecified atom stereocenters. The molecule has 1 N–H and O–H groups in total. The summed E-state index contributed by atoms with van der Waals surface area (Å²) in [6.07, 6.45) is 2.15. The van der Waals surface area contributed by atoms with Crippen molar-refractivity contribution in [1.29, 1.82) is 0 Å². The van der Waals surface area contributed by atoms with Crippen molar-refractivity contribution >= 4 is 11.5 Å². The first kappa shape index (κ1) is 18.6. The zero-order valence-electron chi connectivity index (χ0n) is 16.3. The van der Waals surface area contributed by atoms with E-state index in [0.717, 1.165) is 33.6 Å². The summed E-state index contributed by atoms with van der Waals surface area (Å²) < 4.78 is 6.14. The maximum Gasteiger partial charge on any atom is 0.335 e. The summed E-state index contributed by atoms with van der Waals surface area (Å²) in [5, 5.41) is 9.00. The maximum absolute atomic E-state index is 11.0. The van der Waals surface area contributed by atoms with Gasteiger partial charge in [-0.3, -0.25) is 0 Å². The Labute approximate surface area is 170 Å². The molecule has 1 heterocycles. The summed E-state index contributed by atoms with van der Waals surface area (Å²) in [7, 11) is 0. The Bertz CT molecular complexity index is 1160. The van der Waals surface area contributed by atoms with Crippen LogP contribution < -0.4 is 4.74 Å². The average Bonchev–Trinajstić information content (AvgIpc) is 2.72. The molecule has 0 amide bonds. The number of hydrogen-bond acceptors (Lipinski definition) is 2. The van der Waals surface area contributed by atoms with Crippen LogP contribution in [0.2, 0.25) is 0 Å². The van der Waals surface area contributed by atoms with Gasteiger partial charge in [-0.15, -0.1) is 0 Å². The highest BCUT2D eigenvalue weighted by atomic mass is 16.5. The lowest BCUT2D eigenvalue weighted by Crippen LogP contribution is -2.29. The van der Waals surface area contributed by atoms with Crippen LogP contribution in [0.25, 0.3) is 5.57 Å². The smallest absolute Gasteiger partial charge is 0.335 e. The van der Waals surface area contributed by atoms with Gasteiger partial charge in [-0.05, 0) is 73.5 Å². The lowest BCUT2D eigenvalue weighted by molar-refractivity contribution is 0.0697. The van der Waals surface area contributed by atoms with Crippen LogP contribution in [0.3, 0.4) is 0 Å². The third kappa shape index (κ3) is 4.07. The summed E-state index contributed by atoms with van der Waals surface area (Å²) in [5.74, 6) is 6.17. The van der Waals surface area contributed by atoms with Gasteiger partial charge in [0.25, 0.3) is 0 Å². The lowest BCUT2D eigenvalue weighted by atomic mass is 9.89. The average molecular weight is 380 g/mol. The molecular weight excluding hydrogens is 360 g/mol. The molecule has 3 heteroatoms. The molecule has 3 nitrogen and oxygen atoms in total. The van der Waals surface area contributed by atoms with E-state index in [-0.39, 0.29) is 5.56 Å². The molecule has 1 aliphatic heterocycles. The molecule has 4 rings (SSSR count). The molecule has 142 valence electrons. The minimum Gasteiger partial charge on any atom is -0.483 e. The first-order valence-electron chi connectivity index (χ1n) is 9.38. The van der Waals surface area contributed by atoms with Crippen molar-refractivity contribution in [3.63, 3.8) is 0 Å². The maximum atomic E-state index is 11.0. The van der Waals surface area contributed by atoms with E-state index in [0.29, 0.717) is 0 Å². The Balaban J connectivity index is 1.71. The van der Waals surface area contributed by atoms with Crippen molar-refractivity contribution in [3.8, 4) is 17.6 Å². The molecule has 1 aliphatic rings. The predicted octanol–water partition coefficient (Wildman–Crippen LogP) is 5.39. The molecule has 0 saturated carbocycles. The van der Waals surface area contributed by atoms with E-state index < -0.39 is 11.6 Å². The minimum atomic E-state index is -0.942. The first-order chi connectivity index (χ1) is 13.9. The second kappa shape index (κ2) is 7.33.